The highest BCUT2D eigenvalue weighted by Gasteiger charge is 2.48. The summed E-state index contributed by atoms with van der Waals surface area (Å²) in [6.45, 7) is 2.38. The van der Waals surface area contributed by atoms with Gasteiger partial charge in [-0.15, -0.1) is 0 Å². The highest BCUT2D eigenvalue weighted by molar-refractivity contribution is 5.88. The first kappa shape index (κ1) is 13.6. The molecule has 0 spiro atoms. The minimum Gasteiger partial charge on any atom is -0.480 e. The molecule has 0 aromatic rings. The molecule has 7 nitrogen and oxygen atoms in total. The average Bonchev–Trinajstić information content (AvgIpc) is 2.67. The van der Waals surface area contributed by atoms with Gasteiger partial charge in [-0.3, -0.25) is 4.79 Å². The number of nitrogens with zero attached hydrogens (tertiary/aromatic N) is 1. The van der Waals surface area contributed by atoms with Gasteiger partial charge in [0.1, 0.15) is 5.54 Å². The van der Waals surface area contributed by atoms with E-state index in [0.29, 0.717) is 25.8 Å². The molecule has 1 atom stereocenters. The van der Waals surface area contributed by atoms with Gasteiger partial charge in [-0.2, -0.15) is 0 Å². The standard InChI is InChI=1S/C12H19N3O4/c1-11(8(13)16)5-6-15(7-11)10(19)14-12(9(17)18)3-2-4-12/h2-7H2,1H3,(H2,13,16)(H,14,19)(H,17,18). The van der Waals surface area contributed by atoms with Crippen LogP contribution in [0.1, 0.15) is 32.6 Å². The number of rotatable bonds is 3. The van der Waals surface area contributed by atoms with Crippen molar-refractivity contribution in [3.63, 3.8) is 0 Å². The minimum absolute atomic E-state index is 0.240. The fraction of sp³-hybridized carbons (Fsp3) is 0.750. The molecule has 106 valence electrons. The number of hydrogen-bond acceptors (Lipinski definition) is 3. The van der Waals surface area contributed by atoms with Crippen molar-refractivity contribution in [1.82, 2.24) is 10.2 Å². The Morgan fingerprint density at radius 3 is 2.26 bits per heavy atom. The Balaban J connectivity index is 1.99. The van der Waals surface area contributed by atoms with Gasteiger partial charge in [-0.05, 0) is 32.6 Å². The molecule has 0 aromatic carbocycles. The number of urea groups is 1. The van der Waals surface area contributed by atoms with Crippen molar-refractivity contribution < 1.29 is 19.5 Å². The number of hydrogen-bond donors (Lipinski definition) is 3. The summed E-state index contributed by atoms with van der Waals surface area (Å²) >= 11 is 0. The second-order valence-corrected chi connectivity index (χ2v) is 5.77. The van der Waals surface area contributed by atoms with Gasteiger partial charge in [0.15, 0.2) is 0 Å². The molecule has 1 saturated heterocycles. The van der Waals surface area contributed by atoms with Gasteiger partial charge in [0.05, 0.1) is 5.41 Å². The van der Waals surface area contributed by atoms with E-state index in [0.717, 1.165) is 6.42 Å². The monoisotopic (exact) mass is 269 g/mol. The number of nitrogens with one attached hydrogen (secondary N) is 1. The van der Waals surface area contributed by atoms with E-state index in [9.17, 15) is 14.4 Å². The van der Waals surface area contributed by atoms with Crippen LogP contribution in [0.2, 0.25) is 0 Å². The van der Waals surface area contributed by atoms with Crippen molar-refractivity contribution in [1.29, 1.82) is 0 Å². The van der Waals surface area contributed by atoms with E-state index in [1.165, 1.54) is 4.90 Å². The maximum Gasteiger partial charge on any atom is 0.329 e. The Morgan fingerprint density at radius 1 is 1.26 bits per heavy atom. The molecule has 19 heavy (non-hydrogen) atoms. The van der Waals surface area contributed by atoms with Gasteiger partial charge < -0.3 is 21.1 Å². The second-order valence-electron chi connectivity index (χ2n) is 5.77. The highest BCUT2D eigenvalue weighted by atomic mass is 16.4. The van der Waals surface area contributed by atoms with Gasteiger partial charge in [0.25, 0.3) is 0 Å². The van der Waals surface area contributed by atoms with E-state index < -0.39 is 28.9 Å². The molecule has 1 aliphatic heterocycles. The lowest BCUT2D eigenvalue weighted by Crippen LogP contribution is -2.61. The molecule has 1 unspecified atom stereocenters. The molecule has 2 rings (SSSR count). The van der Waals surface area contributed by atoms with E-state index >= 15 is 0 Å². The van der Waals surface area contributed by atoms with Crippen molar-refractivity contribution in [2.45, 2.75) is 38.1 Å². The summed E-state index contributed by atoms with van der Waals surface area (Å²) in [5.74, 6) is -1.43. The van der Waals surface area contributed by atoms with Gasteiger partial charge in [0, 0.05) is 13.1 Å². The Kier molecular flexibility index (Phi) is 3.15. The maximum absolute atomic E-state index is 12.1. The quantitative estimate of drug-likeness (QED) is 0.664. The van der Waals surface area contributed by atoms with Crippen LogP contribution >= 0.6 is 0 Å². The van der Waals surface area contributed by atoms with Crippen molar-refractivity contribution in [2.75, 3.05) is 13.1 Å². The predicted molar refractivity (Wildman–Crippen MR) is 66.2 cm³/mol. The van der Waals surface area contributed by atoms with E-state index in [1.54, 1.807) is 6.92 Å². The average molecular weight is 269 g/mol. The first-order valence-corrected chi connectivity index (χ1v) is 6.39. The van der Waals surface area contributed by atoms with Crippen LogP contribution in [0.5, 0.6) is 0 Å². The summed E-state index contributed by atoms with van der Waals surface area (Å²) in [5, 5.41) is 11.7. The maximum atomic E-state index is 12.1. The van der Waals surface area contributed by atoms with E-state index in [2.05, 4.69) is 5.32 Å². The summed E-state index contributed by atoms with van der Waals surface area (Å²) in [4.78, 5) is 36.0. The van der Waals surface area contributed by atoms with E-state index in [-0.39, 0.29) is 6.54 Å². The molecule has 7 heteroatoms. The van der Waals surface area contributed by atoms with Gasteiger partial charge in [-0.1, -0.05) is 0 Å². The summed E-state index contributed by atoms with van der Waals surface area (Å²) in [6, 6.07) is -0.424. The number of likely N-dealkylation sites (tertiary alicyclic amines) is 1. The van der Waals surface area contributed by atoms with Crippen LogP contribution in [0.4, 0.5) is 4.79 Å². The molecular weight excluding hydrogens is 250 g/mol. The van der Waals surface area contributed by atoms with Gasteiger partial charge in [-0.25, -0.2) is 9.59 Å². The van der Waals surface area contributed by atoms with Crippen molar-refractivity contribution in [3.05, 3.63) is 0 Å². The number of carbonyl (C=O) groups excluding carboxylic acids is 2. The summed E-state index contributed by atoms with van der Waals surface area (Å²) < 4.78 is 0. The summed E-state index contributed by atoms with van der Waals surface area (Å²) in [7, 11) is 0. The lowest BCUT2D eigenvalue weighted by atomic mass is 9.77. The molecule has 4 N–H and O–H groups in total. The second kappa shape index (κ2) is 4.40. The Hall–Kier alpha value is -1.79. The van der Waals surface area contributed by atoms with Crippen LogP contribution in [0.15, 0.2) is 0 Å². The predicted octanol–water partition coefficient (Wildman–Crippen LogP) is -0.0994. The molecule has 3 amide bonds. The zero-order valence-electron chi connectivity index (χ0n) is 10.9. The fourth-order valence-corrected chi connectivity index (χ4v) is 2.54. The molecule has 1 heterocycles. The Morgan fingerprint density at radius 2 is 1.89 bits per heavy atom. The van der Waals surface area contributed by atoms with E-state index in [4.69, 9.17) is 10.8 Å². The smallest absolute Gasteiger partial charge is 0.329 e. The number of carbonyl (C=O) groups is 3. The zero-order valence-corrected chi connectivity index (χ0v) is 10.9. The highest BCUT2D eigenvalue weighted by Crippen LogP contribution is 2.34. The molecule has 0 aromatic heterocycles. The lowest BCUT2D eigenvalue weighted by molar-refractivity contribution is -0.148. The number of carboxylic acid groups (broad SMARTS) is 1. The SMILES string of the molecule is CC1(C(N)=O)CCN(C(=O)NC2(C(=O)O)CCC2)C1. The van der Waals surface area contributed by atoms with Crippen LogP contribution in [0, 0.1) is 5.41 Å². The largest absolute Gasteiger partial charge is 0.480 e. The third kappa shape index (κ3) is 2.24. The first-order chi connectivity index (χ1) is 8.79. The van der Waals surface area contributed by atoms with Gasteiger partial charge >= 0.3 is 12.0 Å². The van der Waals surface area contributed by atoms with Gasteiger partial charge in [0.2, 0.25) is 5.91 Å². The first-order valence-electron chi connectivity index (χ1n) is 6.39. The lowest BCUT2D eigenvalue weighted by Gasteiger charge is -2.39. The molecule has 2 fully saturated rings. The number of primary amides is 1. The third-order valence-electron chi connectivity index (χ3n) is 4.32. The molecule has 0 radical (unpaired) electrons. The number of carboxylic acids is 1. The number of nitrogens with two attached hydrogens (primary N) is 1. The van der Waals surface area contributed by atoms with Crippen LogP contribution in [0.3, 0.4) is 0 Å². The van der Waals surface area contributed by atoms with Crippen LogP contribution in [-0.4, -0.2) is 46.5 Å². The van der Waals surface area contributed by atoms with Crippen molar-refractivity contribution in [2.24, 2.45) is 11.1 Å². The molecule has 1 saturated carbocycles. The zero-order chi connectivity index (χ0) is 14.3. The molecule has 2 aliphatic rings. The van der Waals surface area contributed by atoms with Crippen LogP contribution in [0.25, 0.3) is 0 Å². The van der Waals surface area contributed by atoms with Crippen LogP contribution in [-0.2, 0) is 9.59 Å². The Labute approximate surface area is 111 Å². The van der Waals surface area contributed by atoms with Crippen molar-refractivity contribution in [3.8, 4) is 0 Å². The van der Waals surface area contributed by atoms with E-state index in [1.807, 2.05) is 0 Å². The molecule has 0 bridgehead atoms. The Bertz CT molecular complexity index is 433. The van der Waals surface area contributed by atoms with Crippen molar-refractivity contribution >= 4 is 17.9 Å². The fourth-order valence-electron chi connectivity index (χ4n) is 2.54. The third-order valence-corrected chi connectivity index (χ3v) is 4.32. The summed E-state index contributed by atoms with van der Waals surface area (Å²) in [6.07, 6.45) is 2.21. The molecule has 1 aliphatic carbocycles. The van der Waals surface area contributed by atoms with Crippen LogP contribution < -0.4 is 11.1 Å². The topological polar surface area (TPSA) is 113 Å². The number of aliphatic carboxylic acids is 1. The number of amides is 3. The minimum atomic E-state index is -1.12. The summed E-state index contributed by atoms with van der Waals surface area (Å²) in [5.41, 5.74) is 3.48. The normalized spacial score (nSPS) is 28.6. The molecular formula is C12H19N3O4.